The summed E-state index contributed by atoms with van der Waals surface area (Å²) in [6.07, 6.45) is 13.5. The van der Waals surface area contributed by atoms with Crippen LogP contribution in [0.1, 0.15) is 76.0 Å². The molecule has 0 N–H and O–H groups in total. The van der Waals surface area contributed by atoms with E-state index in [1.54, 1.807) is 0 Å². The van der Waals surface area contributed by atoms with Crippen LogP contribution in [-0.4, -0.2) is 51.3 Å². The summed E-state index contributed by atoms with van der Waals surface area (Å²) in [6, 6.07) is 9.13. The van der Waals surface area contributed by atoms with E-state index in [0.29, 0.717) is 17.2 Å². The second kappa shape index (κ2) is 12.8. The quantitative estimate of drug-likeness (QED) is 0.132. The van der Waals surface area contributed by atoms with Crippen molar-refractivity contribution in [1.29, 1.82) is 0 Å². The minimum absolute atomic E-state index is 0.00176. The van der Waals surface area contributed by atoms with E-state index in [9.17, 15) is 0 Å². The Morgan fingerprint density at radius 1 is 1.25 bits per heavy atom. The van der Waals surface area contributed by atoms with E-state index in [4.69, 9.17) is 21.7 Å². The van der Waals surface area contributed by atoms with Crippen molar-refractivity contribution in [2.75, 3.05) is 30.2 Å². The number of halogens is 1. The molecule has 2 heterocycles. The Morgan fingerprint density at radius 3 is 2.81 bits per heavy atom. The molecule has 3 aromatic rings. The highest BCUT2D eigenvalue weighted by Gasteiger charge is 2.29. The molecular weight excluding hydrogens is 504 g/mol. The minimum Gasteiger partial charge on any atom is -0.352 e. The van der Waals surface area contributed by atoms with Crippen molar-refractivity contribution >= 4 is 50.9 Å². The summed E-state index contributed by atoms with van der Waals surface area (Å²) in [4.78, 5) is 11.8. The van der Waals surface area contributed by atoms with Crippen LogP contribution in [0, 0.1) is 5.92 Å². The van der Waals surface area contributed by atoms with E-state index in [1.807, 2.05) is 6.20 Å². The highest BCUT2D eigenvalue weighted by atomic mass is 35.5. The normalized spacial score (nSPS) is 18.7. The lowest BCUT2D eigenvalue weighted by atomic mass is 9.97. The van der Waals surface area contributed by atoms with Crippen LogP contribution >= 0.6 is 27.7 Å². The molecular formula is C28H41ClN5P2+. The van der Waals surface area contributed by atoms with Crippen LogP contribution in [0.25, 0.3) is 11.0 Å². The Labute approximate surface area is 224 Å². The number of hydrogen-bond donors (Lipinski definition) is 0. The van der Waals surface area contributed by atoms with Crippen molar-refractivity contribution in [2.45, 2.75) is 71.4 Å². The summed E-state index contributed by atoms with van der Waals surface area (Å²) in [7, 11) is 1.07. The Balaban J connectivity index is 1.57. The van der Waals surface area contributed by atoms with Crippen molar-refractivity contribution in [3.8, 4) is 0 Å². The molecule has 0 amide bonds. The van der Waals surface area contributed by atoms with Crippen molar-refractivity contribution < 1.29 is 0 Å². The van der Waals surface area contributed by atoms with Gasteiger partial charge >= 0.3 is 0 Å². The number of aromatic nitrogens is 4. The largest absolute Gasteiger partial charge is 0.352 e. The van der Waals surface area contributed by atoms with Gasteiger partial charge in [-0.2, -0.15) is 15.1 Å². The molecule has 1 aliphatic rings. The number of nitrogens with zero attached hydrogens (tertiary/aromatic N) is 5. The molecule has 1 fully saturated rings. The van der Waals surface area contributed by atoms with Gasteiger partial charge in [0.15, 0.2) is 5.65 Å². The molecule has 4 atom stereocenters. The second-order valence-corrected chi connectivity index (χ2v) is 14.9. The van der Waals surface area contributed by atoms with E-state index in [-0.39, 0.29) is 7.55 Å². The van der Waals surface area contributed by atoms with Gasteiger partial charge in [0.1, 0.15) is 11.7 Å². The van der Waals surface area contributed by atoms with Gasteiger partial charge in [0.25, 0.3) is 0 Å². The lowest BCUT2D eigenvalue weighted by Gasteiger charge is -2.26. The number of benzene rings is 1. The predicted octanol–water partition coefficient (Wildman–Crippen LogP) is 7.93. The topological polar surface area (TPSA) is 46.8 Å². The summed E-state index contributed by atoms with van der Waals surface area (Å²) >= 11 is 6.53. The maximum atomic E-state index is 6.53. The summed E-state index contributed by atoms with van der Waals surface area (Å²) in [6.45, 7) is 10.7. The van der Waals surface area contributed by atoms with Crippen molar-refractivity contribution in [3.63, 3.8) is 0 Å². The number of rotatable bonds is 12. The lowest BCUT2D eigenvalue weighted by Crippen LogP contribution is -2.25. The first-order chi connectivity index (χ1) is 17.4. The smallest absolute Gasteiger partial charge is 0.226 e. The van der Waals surface area contributed by atoms with Crippen LogP contribution < -0.4 is 4.90 Å². The Morgan fingerprint density at radius 2 is 2.06 bits per heavy atom. The van der Waals surface area contributed by atoms with Crippen molar-refractivity contribution in [2.24, 2.45) is 5.92 Å². The van der Waals surface area contributed by atoms with Gasteiger partial charge in [-0.05, 0) is 72.8 Å². The molecule has 2 aromatic heterocycles. The molecule has 0 radical (unpaired) electrons. The highest BCUT2D eigenvalue weighted by molar-refractivity contribution is 7.65. The van der Waals surface area contributed by atoms with E-state index in [1.165, 1.54) is 42.5 Å². The van der Waals surface area contributed by atoms with Gasteiger partial charge < -0.3 is 4.90 Å². The van der Waals surface area contributed by atoms with Gasteiger partial charge in [-0.1, -0.05) is 53.6 Å². The van der Waals surface area contributed by atoms with Gasteiger partial charge in [0, 0.05) is 13.1 Å². The average Bonchev–Trinajstić information content (AvgIpc) is 3.48. The van der Waals surface area contributed by atoms with Crippen LogP contribution in [0.3, 0.4) is 0 Å². The molecule has 1 aliphatic carbocycles. The first-order valence-corrected chi connectivity index (χ1v) is 17.3. The first-order valence-electron chi connectivity index (χ1n) is 13.3. The van der Waals surface area contributed by atoms with Crippen molar-refractivity contribution in [1.82, 2.24) is 19.7 Å². The van der Waals surface area contributed by atoms with E-state index in [2.05, 4.69) is 72.6 Å². The van der Waals surface area contributed by atoms with Crippen LogP contribution in [-0.2, 0) is 6.54 Å². The molecule has 1 saturated carbocycles. The standard InChI is InChI=1S/C28H41ClN5P2/c1-6-14-33(18-22-9-7-8-10-24(22)20(2)3)26-25-17-30-34(27(25)32-28(29)31-26)23-12-11-21(16-23)13-15-35-19-36(4)5/h7-10,17,20-21,23,35H,4,6,11-16,18-19H2,1-3,5H3/q+1. The van der Waals surface area contributed by atoms with Crippen LogP contribution in [0.4, 0.5) is 5.82 Å². The fourth-order valence-corrected chi connectivity index (χ4v) is 8.41. The molecule has 8 heteroatoms. The van der Waals surface area contributed by atoms with Gasteiger partial charge in [0.05, 0.1) is 38.1 Å². The third-order valence-electron chi connectivity index (χ3n) is 7.21. The monoisotopic (exact) mass is 544 g/mol. The molecule has 0 aliphatic heterocycles. The van der Waals surface area contributed by atoms with Crippen molar-refractivity contribution in [3.05, 3.63) is 46.9 Å². The summed E-state index contributed by atoms with van der Waals surface area (Å²) in [5.41, 5.74) is 3.60. The fraction of sp³-hybridized carbons (Fsp3) is 0.571. The Bertz CT molecular complexity index is 1180. The van der Waals surface area contributed by atoms with Crippen LogP contribution in [0.2, 0.25) is 5.28 Å². The second-order valence-electron chi connectivity index (χ2n) is 10.6. The molecule has 36 heavy (non-hydrogen) atoms. The SMILES string of the molecule is C=[P+](C)CPCCC1CCC(n2ncc3c(N(CCC)Cc4ccccc4C(C)C)nc(Cl)nc32)C1. The molecule has 0 spiro atoms. The third-order valence-corrected chi connectivity index (χ3v) is 11.1. The predicted molar refractivity (Wildman–Crippen MR) is 161 cm³/mol. The zero-order chi connectivity index (χ0) is 25.7. The van der Waals surface area contributed by atoms with Gasteiger partial charge in [-0.25, -0.2) is 4.68 Å². The molecule has 0 bridgehead atoms. The minimum atomic E-state index is -0.00176. The van der Waals surface area contributed by atoms with Gasteiger partial charge in [-0.15, -0.1) is 0 Å². The van der Waals surface area contributed by atoms with Gasteiger partial charge in [-0.3, -0.25) is 0 Å². The van der Waals surface area contributed by atoms with E-state index < -0.39 is 0 Å². The number of hydrogen-bond acceptors (Lipinski definition) is 4. The maximum Gasteiger partial charge on any atom is 0.226 e. The molecule has 194 valence electrons. The molecule has 1 aromatic carbocycles. The summed E-state index contributed by atoms with van der Waals surface area (Å²) in [5.74, 6) is 3.48. The lowest BCUT2D eigenvalue weighted by molar-refractivity contribution is 0.445. The summed E-state index contributed by atoms with van der Waals surface area (Å²) < 4.78 is 2.14. The zero-order valence-corrected chi connectivity index (χ0v) is 24.9. The van der Waals surface area contributed by atoms with E-state index in [0.717, 1.165) is 57.3 Å². The van der Waals surface area contributed by atoms with E-state index >= 15 is 0 Å². The molecule has 0 saturated heterocycles. The Kier molecular flexibility index (Phi) is 9.78. The van der Waals surface area contributed by atoms with Gasteiger partial charge in [0.2, 0.25) is 5.28 Å². The average molecular weight is 545 g/mol. The number of anilines is 1. The maximum absolute atomic E-state index is 6.53. The van der Waals surface area contributed by atoms with Crippen LogP contribution in [0.15, 0.2) is 30.5 Å². The molecule has 5 nitrogen and oxygen atoms in total. The number of fused-ring (bicyclic) bond motifs is 1. The van der Waals surface area contributed by atoms with Crippen LogP contribution in [0.5, 0.6) is 0 Å². The summed E-state index contributed by atoms with van der Waals surface area (Å²) in [5, 5.41) is 6.16. The third kappa shape index (κ3) is 6.66. The fourth-order valence-electron chi connectivity index (χ4n) is 5.48. The zero-order valence-electron chi connectivity index (χ0n) is 22.3. The first kappa shape index (κ1) is 27.5. The Hall–Kier alpha value is -1.54. The molecule has 4 rings (SSSR count). The highest BCUT2D eigenvalue weighted by Crippen LogP contribution is 2.40. The molecule has 4 unspecified atom stereocenters.